The lowest BCUT2D eigenvalue weighted by molar-refractivity contribution is -0.116. The van der Waals surface area contributed by atoms with Gasteiger partial charge >= 0.3 is 0 Å². The van der Waals surface area contributed by atoms with Crippen molar-refractivity contribution < 1.29 is 14.3 Å². The summed E-state index contributed by atoms with van der Waals surface area (Å²) in [6.07, 6.45) is 1.32. The Hall–Kier alpha value is -3.22. The Morgan fingerprint density at radius 1 is 1.10 bits per heavy atom. The van der Waals surface area contributed by atoms with E-state index in [1.165, 1.54) is 0 Å². The monoisotopic (exact) mass is 412 g/mol. The van der Waals surface area contributed by atoms with E-state index in [4.69, 9.17) is 9.47 Å². The van der Waals surface area contributed by atoms with E-state index in [9.17, 15) is 4.79 Å². The van der Waals surface area contributed by atoms with Crippen LogP contribution in [0.1, 0.15) is 32.3 Å². The Kier molecular flexibility index (Phi) is 9.51. The predicted octanol–water partition coefficient (Wildman–Crippen LogP) is 3.57. The maximum Gasteiger partial charge on any atom is 0.224 e. The Bertz CT molecular complexity index is 821. The van der Waals surface area contributed by atoms with Crippen molar-refractivity contribution in [2.24, 2.45) is 4.99 Å². The first kappa shape index (κ1) is 23.1. The minimum absolute atomic E-state index is 0.0401. The number of hydrogen-bond donors (Lipinski definition) is 3. The molecular weight excluding hydrogens is 380 g/mol. The van der Waals surface area contributed by atoms with Gasteiger partial charge in [0.1, 0.15) is 17.6 Å². The lowest BCUT2D eigenvalue weighted by Gasteiger charge is -2.18. The molecule has 0 radical (unpaired) electrons. The first-order chi connectivity index (χ1) is 14.5. The molecule has 1 atom stereocenters. The second kappa shape index (κ2) is 12.4. The number of benzene rings is 2. The standard InChI is InChI=1S/C23H32N4O3/c1-5-7-22(28)27-19-12-10-18(11-13-19)16-26-23(24-3)25-15-17(2)30-21-9-6-8-20(14-21)29-4/h6,8-14,17H,5,7,15-16H2,1-4H3,(H,27,28)(H2,24,25,26). The van der Waals surface area contributed by atoms with E-state index in [2.05, 4.69) is 20.9 Å². The van der Waals surface area contributed by atoms with E-state index >= 15 is 0 Å². The van der Waals surface area contributed by atoms with Crippen molar-refractivity contribution in [2.45, 2.75) is 39.3 Å². The quantitative estimate of drug-likeness (QED) is 0.410. The number of hydrogen-bond acceptors (Lipinski definition) is 4. The molecule has 162 valence electrons. The molecule has 1 unspecified atom stereocenters. The van der Waals surface area contributed by atoms with Crippen LogP contribution in [0, 0.1) is 0 Å². The lowest BCUT2D eigenvalue weighted by Crippen LogP contribution is -2.41. The number of nitrogens with zero attached hydrogens (tertiary/aromatic N) is 1. The van der Waals surface area contributed by atoms with E-state index in [-0.39, 0.29) is 12.0 Å². The second-order valence-corrected chi connectivity index (χ2v) is 6.91. The second-order valence-electron chi connectivity index (χ2n) is 6.91. The number of nitrogens with one attached hydrogen (secondary N) is 3. The highest BCUT2D eigenvalue weighted by molar-refractivity contribution is 5.90. The van der Waals surface area contributed by atoms with Crippen LogP contribution in [-0.2, 0) is 11.3 Å². The number of carbonyl (C=O) groups is 1. The van der Waals surface area contributed by atoms with Crippen molar-refractivity contribution in [3.8, 4) is 11.5 Å². The van der Waals surface area contributed by atoms with Gasteiger partial charge in [-0.2, -0.15) is 0 Å². The summed E-state index contributed by atoms with van der Waals surface area (Å²) in [5.41, 5.74) is 1.90. The molecule has 7 nitrogen and oxygen atoms in total. The molecule has 0 fully saturated rings. The Balaban J connectivity index is 1.76. The largest absolute Gasteiger partial charge is 0.497 e. The molecule has 2 aromatic carbocycles. The minimum atomic E-state index is -0.0540. The van der Waals surface area contributed by atoms with E-state index in [1.54, 1.807) is 14.2 Å². The fourth-order valence-electron chi connectivity index (χ4n) is 2.75. The Morgan fingerprint density at radius 2 is 1.83 bits per heavy atom. The van der Waals surface area contributed by atoms with E-state index in [1.807, 2.05) is 62.4 Å². The van der Waals surface area contributed by atoms with Crippen molar-refractivity contribution in [3.63, 3.8) is 0 Å². The van der Waals surface area contributed by atoms with Crippen molar-refractivity contribution >= 4 is 17.6 Å². The highest BCUT2D eigenvalue weighted by Crippen LogP contribution is 2.19. The molecule has 0 aliphatic carbocycles. The normalized spacial score (nSPS) is 12.1. The molecule has 2 rings (SSSR count). The molecule has 2 aromatic rings. The third-order valence-electron chi connectivity index (χ3n) is 4.33. The van der Waals surface area contributed by atoms with E-state index in [0.29, 0.717) is 25.5 Å². The molecule has 0 spiro atoms. The van der Waals surface area contributed by atoms with Gasteiger partial charge in [-0.05, 0) is 43.2 Å². The van der Waals surface area contributed by atoms with Crippen LogP contribution >= 0.6 is 0 Å². The maximum absolute atomic E-state index is 11.7. The first-order valence-electron chi connectivity index (χ1n) is 10.2. The molecule has 0 aliphatic heterocycles. The van der Waals surface area contributed by atoms with Crippen molar-refractivity contribution in [2.75, 3.05) is 26.0 Å². The molecule has 1 amide bonds. The van der Waals surface area contributed by atoms with E-state index in [0.717, 1.165) is 29.2 Å². The summed E-state index contributed by atoms with van der Waals surface area (Å²) in [5, 5.41) is 9.43. The first-order valence-corrected chi connectivity index (χ1v) is 10.2. The smallest absolute Gasteiger partial charge is 0.224 e. The molecule has 0 saturated carbocycles. The van der Waals surface area contributed by atoms with Gasteiger partial charge in [0.15, 0.2) is 5.96 Å². The van der Waals surface area contributed by atoms with Crippen LogP contribution in [0.25, 0.3) is 0 Å². The molecule has 3 N–H and O–H groups in total. The summed E-state index contributed by atoms with van der Waals surface area (Å²) >= 11 is 0. The van der Waals surface area contributed by atoms with Crippen LogP contribution in [0.4, 0.5) is 5.69 Å². The van der Waals surface area contributed by atoms with Crippen LogP contribution in [0.3, 0.4) is 0 Å². The molecule has 30 heavy (non-hydrogen) atoms. The zero-order valence-electron chi connectivity index (χ0n) is 18.2. The van der Waals surface area contributed by atoms with Crippen LogP contribution in [0.2, 0.25) is 0 Å². The van der Waals surface area contributed by atoms with E-state index < -0.39 is 0 Å². The van der Waals surface area contributed by atoms with Gasteiger partial charge in [0.25, 0.3) is 0 Å². The fourth-order valence-corrected chi connectivity index (χ4v) is 2.75. The van der Waals surface area contributed by atoms with Crippen LogP contribution in [0.5, 0.6) is 11.5 Å². The summed E-state index contributed by atoms with van der Waals surface area (Å²) in [4.78, 5) is 15.9. The minimum Gasteiger partial charge on any atom is -0.497 e. The van der Waals surface area contributed by atoms with Gasteiger partial charge in [0, 0.05) is 31.8 Å². The molecule has 0 aromatic heterocycles. The Morgan fingerprint density at radius 3 is 2.50 bits per heavy atom. The van der Waals surface area contributed by atoms with Gasteiger partial charge in [-0.15, -0.1) is 0 Å². The summed E-state index contributed by atoms with van der Waals surface area (Å²) < 4.78 is 11.1. The predicted molar refractivity (Wildman–Crippen MR) is 121 cm³/mol. The average Bonchev–Trinajstić information content (AvgIpc) is 2.75. The zero-order chi connectivity index (χ0) is 21.8. The number of carbonyl (C=O) groups excluding carboxylic acids is 1. The number of methoxy groups -OCH3 is 1. The van der Waals surface area contributed by atoms with Gasteiger partial charge in [0.2, 0.25) is 5.91 Å². The number of guanidine groups is 1. The number of rotatable bonds is 10. The van der Waals surface area contributed by atoms with Gasteiger partial charge in [-0.25, -0.2) is 0 Å². The third kappa shape index (κ3) is 8.03. The van der Waals surface area contributed by atoms with Crippen LogP contribution in [0.15, 0.2) is 53.5 Å². The van der Waals surface area contributed by atoms with Gasteiger partial charge in [-0.3, -0.25) is 9.79 Å². The maximum atomic E-state index is 11.7. The third-order valence-corrected chi connectivity index (χ3v) is 4.33. The summed E-state index contributed by atoms with van der Waals surface area (Å²) in [6, 6.07) is 15.3. The van der Waals surface area contributed by atoms with Crippen molar-refractivity contribution in [1.29, 1.82) is 0 Å². The van der Waals surface area contributed by atoms with Gasteiger partial charge < -0.3 is 25.4 Å². The summed E-state index contributed by atoms with van der Waals surface area (Å²) in [5.74, 6) is 2.26. The van der Waals surface area contributed by atoms with Crippen molar-refractivity contribution in [3.05, 3.63) is 54.1 Å². The molecule has 0 bridgehead atoms. The summed E-state index contributed by atoms with van der Waals surface area (Å²) in [7, 11) is 3.37. The fraction of sp³-hybridized carbons (Fsp3) is 0.391. The molecule has 7 heteroatoms. The Labute approximate surface area is 178 Å². The lowest BCUT2D eigenvalue weighted by atomic mass is 10.2. The zero-order valence-corrected chi connectivity index (χ0v) is 18.2. The number of ether oxygens (including phenoxy) is 2. The number of anilines is 1. The van der Waals surface area contributed by atoms with Crippen LogP contribution < -0.4 is 25.4 Å². The molecular formula is C23H32N4O3. The highest BCUT2D eigenvalue weighted by Gasteiger charge is 2.07. The molecule has 0 heterocycles. The van der Waals surface area contributed by atoms with Gasteiger partial charge in [-0.1, -0.05) is 25.1 Å². The number of aliphatic imine (C=N–C) groups is 1. The molecule has 0 aliphatic rings. The SMILES string of the molecule is CCCC(=O)Nc1ccc(CNC(=NC)NCC(C)Oc2cccc(OC)c2)cc1. The average molecular weight is 413 g/mol. The van der Waals surface area contributed by atoms with Crippen LogP contribution in [-0.4, -0.2) is 38.7 Å². The topological polar surface area (TPSA) is 84.0 Å². The summed E-state index contributed by atoms with van der Waals surface area (Å²) in [6.45, 7) is 5.19. The number of amides is 1. The van der Waals surface area contributed by atoms with Crippen molar-refractivity contribution in [1.82, 2.24) is 10.6 Å². The van der Waals surface area contributed by atoms with Gasteiger partial charge in [0.05, 0.1) is 13.7 Å². The molecule has 0 saturated heterocycles. The highest BCUT2D eigenvalue weighted by atomic mass is 16.5.